The van der Waals surface area contributed by atoms with E-state index in [1.807, 2.05) is 42.6 Å². The van der Waals surface area contributed by atoms with Crippen molar-refractivity contribution in [3.63, 3.8) is 0 Å². The highest BCUT2D eigenvalue weighted by Crippen LogP contribution is 2.28. The van der Waals surface area contributed by atoms with Gasteiger partial charge in [-0.1, -0.05) is 31.9 Å². The first kappa shape index (κ1) is 23.4. The number of H-pyrrole nitrogens is 2. The number of hydrogen-bond donors (Lipinski definition) is 4. The first-order valence-corrected chi connectivity index (χ1v) is 12.0. The van der Waals surface area contributed by atoms with Gasteiger partial charge in [0, 0.05) is 55.3 Å². The number of aromatic amines is 2. The van der Waals surface area contributed by atoms with Crippen molar-refractivity contribution in [2.24, 2.45) is 0 Å². The molecule has 2 heterocycles. The fourth-order valence-corrected chi connectivity index (χ4v) is 4.38. The topological polar surface area (TPSA) is 99.0 Å². The number of ether oxygens (including phenoxy) is 1. The molecule has 33 heavy (non-hydrogen) atoms. The highest BCUT2D eigenvalue weighted by molar-refractivity contribution is 9.10. The molecule has 0 spiro atoms. The maximum absolute atomic E-state index is 13.3. The molecule has 2 amide bonds. The maximum Gasteiger partial charge on any atom is 0.407 e. The Labute approximate surface area is 207 Å². The van der Waals surface area contributed by atoms with Crippen molar-refractivity contribution in [2.75, 3.05) is 6.54 Å². The van der Waals surface area contributed by atoms with Gasteiger partial charge < -0.3 is 25.3 Å². The Morgan fingerprint density at radius 3 is 2.24 bits per heavy atom. The van der Waals surface area contributed by atoms with E-state index in [0.717, 1.165) is 36.3 Å². The Kier molecular flexibility index (Phi) is 6.54. The lowest BCUT2D eigenvalue weighted by Crippen LogP contribution is -2.40. The van der Waals surface area contributed by atoms with E-state index < -0.39 is 17.7 Å². The van der Waals surface area contributed by atoms with Gasteiger partial charge >= 0.3 is 6.09 Å². The summed E-state index contributed by atoms with van der Waals surface area (Å²) in [6.07, 6.45) is 3.00. The van der Waals surface area contributed by atoms with Crippen LogP contribution in [0.2, 0.25) is 0 Å². The summed E-state index contributed by atoms with van der Waals surface area (Å²) in [6.45, 7) is 5.57. The van der Waals surface area contributed by atoms with Gasteiger partial charge in [-0.25, -0.2) is 4.79 Å². The van der Waals surface area contributed by atoms with E-state index >= 15 is 0 Å². The average Bonchev–Trinajstić information content (AvgIpc) is 3.33. The molecule has 0 bridgehead atoms. The molecule has 4 aromatic rings. The van der Waals surface area contributed by atoms with E-state index in [1.165, 1.54) is 0 Å². The average molecular weight is 576 g/mol. The molecule has 0 aliphatic rings. The fourth-order valence-electron chi connectivity index (χ4n) is 3.66. The lowest BCUT2D eigenvalue weighted by molar-refractivity contribution is 0.0520. The van der Waals surface area contributed by atoms with Crippen LogP contribution < -0.4 is 10.6 Å². The Morgan fingerprint density at radius 2 is 1.58 bits per heavy atom. The summed E-state index contributed by atoms with van der Waals surface area (Å²) >= 11 is 6.98. The molecule has 9 heteroatoms. The fraction of sp³-hybridized carbons (Fsp3) is 0.250. The molecule has 0 saturated heterocycles. The first-order chi connectivity index (χ1) is 15.6. The monoisotopic (exact) mass is 574 g/mol. The summed E-state index contributed by atoms with van der Waals surface area (Å²) in [7, 11) is 0. The minimum atomic E-state index is -0.619. The number of hydrogen-bond acceptors (Lipinski definition) is 3. The van der Waals surface area contributed by atoms with Gasteiger partial charge in [-0.2, -0.15) is 0 Å². The van der Waals surface area contributed by atoms with Crippen LogP contribution in [0.15, 0.2) is 57.7 Å². The number of alkyl carbamates (subject to hydrolysis) is 1. The number of benzene rings is 2. The number of nitrogens with one attached hydrogen (secondary N) is 4. The van der Waals surface area contributed by atoms with Gasteiger partial charge in [0.1, 0.15) is 5.60 Å². The minimum absolute atomic E-state index is 0.159. The molecule has 2 aromatic carbocycles. The van der Waals surface area contributed by atoms with Gasteiger partial charge in [-0.05, 0) is 57.2 Å². The van der Waals surface area contributed by atoms with Crippen molar-refractivity contribution < 1.29 is 14.3 Å². The SMILES string of the molecule is CC(C)(C)OC(=O)NCC(NC(=O)c1c[nH]c2ccc(Br)cc12)c1c[nH]c2ccc(Br)cc12. The Hall–Kier alpha value is -2.78. The number of aromatic nitrogens is 2. The second-order valence-corrected chi connectivity index (χ2v) is 10.6. The molecule has 7 nitrogen and oxygen atoms in total. The molecular weight excluding hydrogens is 552 g/mol. The predicted octanol–water partition coefficient (Wildman–Crippen LogP) is 6.17. The molecule has 4 rings (SSSR count). The third kappa shape index (κ3) is 5.42. The van der Waals surface area contributed by atoms with Crippen LogP contribution in [-0.2, 0) is 4.74 Å². The number of carbonyl (C=O) groups excluding carboxylic acids is 2. The van der Waals surface area contributed by atoms with Gasteiger partial charge in [0.05, 0.1) is 11.6 Å². The second kappa shape index (κ2) is 9.23. The minimum Gasteiger partial charge on any atom is -0.444 e. The molecular formula is C24H24Br2N4O3. The molecule has 172 valence electrons. The summed E-state index contributed by atoms with van der Waals surface area (Å²) in [5.41, 5.74) is 2.56. The molecule has 0 radical (unpaired) electrons. The lowest BCUT2D eigenvalue weighted by atomic mass is 10.0. The summed E-state index contributed by atoms with van der Waals surface area (Å²) in [6, 6.07) is 11.1. The second-order valence-electron chi connectivity index (χ2n) is 8.74. The Morgan fingerprint density at radius 1 is 0.970 bits per heavy atom. The molecule has 0 aliphatic heterocycles. The Bertz CT molecular complexity index is 1340. The number of amides is 2. The van der Waals surface area contributed by atoms with E-state index in [2.05, 4.69) is 52.5 Å². The summed E-state index contributed by atoms with van der Waals surface area (Å²) in [5, 5.41) is 7.62. The number of halogens is 2. The van der Waals surface area contributed by atoms with Gasteiger partial charge in [0.15, 0.2) is 0 Å². The van der Waals surface area contributed by atoms with Crippen molar-refractivity contribution in [3.05, 3.63) is 68.9 Å². The van der Waals surface area contributed by atoms with Gasteiger partial charge in [0.2, 0.25) is 0 Å². The van der Waals surface area contributed by atoms with Gasteiger partial charge in [-0.3, -0.25) is 4.79 Å². The zero-order valence-corrected chi connectivity index (χ0v) is 21.6. The molecule has 1 unspecified atom stereocenters. The quantitative estimate of drug-likeness (QED) is 0.229. The summed E-state index contributed by atoms with van der Waals surface area (Å²) < 4.78 is 7.17. The summed E-state index contributed by atoms with van der Waals surface area (Å²) in [5.74, 6) is -0.250. The van der Waals surface area contributed by atoms with Crippen LogP contribution in [0.4, 0.5) is 4.79 Å². The summed E-state index contributed by atoms with van der Waals surface area (Å²) in [4.78, 5) is 32.0. The van der Waals surface area contributed by atoms with Crippen molar-refractivity contribution in [1.82, 2.24) is 20.6 Å². The number of rotatable bonds is 5. The first-order valence-electron chi connectivity index (χ1n) is 10.4. The van der Waals surface area contributed by atoms with E-state index in [1.54, 1.807) is 27.0 Å². The van der Waals surface area contributed by atoms with Crippen LogP contribution in [0.5, 0.6) is 0 Å². The highest BCUT2D eigenvalue weighted by Gasteiger charge is 2.23. The Balaban J connectivity index is 1.64. The third-order valence-corrected chi connectivity index (χ3v) is 6.08. The normalized spacial score (nSPS) is 12.6. The maximum atomic E-state index is 13.3. The van der Waals surface area contributed by atoms with E-state index in [-0.39, 0.29) is 12.5 Å². The van der Waals surface area contributed by atoms with Crippen LogP contribution in [-0.4, -0.2) is 34.1 Å². The zero-order valence-electron chi connectivity index (χ0n) is 18.4. The third-order valence-electron chi connectivity index (χ3n) is 5.09. The molecule has 1 atom stereocenters. The largest absolute Gasteiger partial charge is 0.444 e. The number of carbonyl (C=O) groups is 2. The zero-order chi connectivity index (χ0) is 23.8. The standard InChI is InChI=1S/C24H24Br2N4O3/c1-24(2,3)33-23(32)29-12-21(17-10-27-19-6-4-13(25)8-15(17)19)30-22(31)18-11-28-20-7-5-14(26)9-16(18)20/h4-11,21,27-28H,12H2,1-3H3,(H,29,32)(H,30,31). The van der Waals surface area contributed by atoms with Crippen molar-refractivity contribution in [2.45, 2.75) is 32.4 Å². The van der Waals surface area contributed by atoms with Gasteiger partial charge in [0.25, 0.3) is 5.91 Å². The van der Waals surface area contributed by atoms with Crippen LogP contribution in [0, 0.1) is 0 Å². The van der Waals surface area contributed by atoms with Crippen LogP contribution in [0.3, 0.4) is 0 Å². The lowest BCUT2D eigenvalue weighted by Gasteiger charge is -2.22. The van der Waals surface area contributed by atoms with E-state index in [9.17, 15) is 9.59 Å². The number of fused-ring (bicyclic) bond motifs is 2. The van der Waals surface area contributed by atoms with Crippen molar-refractivity contribution >= 4 is 65.7 Å². The van der Waals surface area contributed by atoms with Crippen molar-refractivity contribution in [3.8, 4) is 0 Å². The molecule has 4 N–H and O–H groups in total. The van der Waals surface area contributed by atoms with Crippen molar-refractivity contribution in [1.29, 1.82) is 0 Å². The molecule has 0 saturated carbocycles. The van der Waals surface area contributed by atoms with E-state index in [0.29, 0.717) is 5.56 Å². The molecule has 0 fully saturated rings. The van der Waals surface area contributed by atoms with Crippen LogP contribution >= 0.6 is 31.9 Å². The smallest absolute Gasteiger partial charge is 0.407 e. The van der Waals surface area contributed by atoms with Crippen LogP contribution in [0.25, 0.3) is 21.8 Å². The van der Waals surface area contributed by atoms with Crippen LogP contribution in [0.1, 0.15) is 42.7 Å². The van der Waals surface area contributed by atoms with Gasteiger partial charge in [-0.15, -0.1) is 0 Å². The highest BCUT2D eigenvalue weighted by atomic mass is 79.9. The molecule has 2 aromatic heterocycles. The molecule has 0 aliphatic carbocycles. The van der Waals surface area contributed by atoms with E-state index in [4.69, 9.17) is 4.74 Å². The predicted molar refractivity (Wildman–Crippen MR) is 136 cm³/mol.